The van der Waals surface area contributed by atoms with Crippen LogP contribution in [0.4, 0.5) is 0 Å². The van der Waals surface area contributed by atoms with Crippen molar-refractivity contribution in [3.05, 3.63) is 48.0 Å². The molecule has 19 heavy (non-hydrogen) atoms. The molecular formula is C16H16O3. The molecule has 98 valence electrons. The molecular weight excluding hydrogens is 240 g/mol. The summed E-state index contributed by atoms with van der Waals surface area (Å²) in [4.78, 5) is 23.6. The van der Waals surface area contributed by atoms with Crippen LogP contribution in [0.5, 0.6) is 0 Å². The summed E-state index contributed by atoms with van der Waals surface area (Å²) in [6.07, 6.45) is 0. The highest BCUT2D eigenvalue weighted by molar-refractivity contribution is 6.12. The van der Waals surface area contributed by atoms with Crippen molar-refractivity contribution in [1.82, 2.24) is 0 Å². The lowest BCUT2D eigenvalue weighted by molar-refractivity contribution is -0.149. The van der Waals surface area contributed by atoms with E-state index >= 15 is 0 Å². The van der Waals surface area contributed by atoms with E-state index in [1.54, 1.807) is 19.9 Å². The van der Waals surface area contributed by atoms with Crippen LogP contribution in [0.1, 0.15) is 31.1 Å². The van der Waals surface area contributed by atoms with Crippen molar-refractivity contribution in [2.24, 2.45) is 0 Å². The molecule has 0 aliphatic carbocycles. The summed E-state index contributed by atoms with van der Waals surface area (Å²) < 4.78 is 5.11. The minimum absolute atomic E-state index is 0.195. The van der Waals surface area contributed by atoms with Crippen LogP contribution < -0.4 is 0 Å². The standard InChI is InChI=1S/C16H16O3/c1-11(17)19-16(2,3)15(18)14-10-6-8-12-7-4-5-9-13(12)14/h4-10H,1-3H3. The van der Waals surface area contributed by atoms with Gasteiger partial charge in [-0.25, -0.2) is 0 Å². The highest BCUT2D eigenvalue weighted by Crippen LogP contribution is 2.24. The average Bonchev–Trinajstić information content (AvgIpc) is 2.35. The van der Waals surface area contributed by atoms with Gasteiger partial charge in [0.2, 0.25) is 5.78 Å². The second kappa shape index (κ2) is 4.84. The van der Waals surface area contributed by atoms with E-state index in [9.17, 15) is 9.59 Å². The van der Waals surface area contributed by atoms with Gasteiger partial charge in [0.15, 0.2) is 5.60 Å². The Kier molecular flexibility index (Phi) is 3.38. The smallest absolute Gasteiger partial charge is 0.303 e. The summed E-state index contributed by atoms with van der Waals surface area (Å²) >= 11 is 0. The number of carbonyl (C=O) groups excluding carboxylic acids is 2. The van der Waals surface area contributed by atoms with Crippen LogP contribution in [0.25, 0.3) is 10.8 Å². The van der Waals surface area contributed by atoms with Gasteiger partial charge in [-0.05, 0) is 24.6 Å². The van der Waals surface area contributed by atoms with E-state index in [4.69, 9.17) is 4.74 Å². The molecule has 2 aromatic carbocycles. The lowest BCUT2D eigenvalue weighted by Crippen LogP contribution is -2.36. The second-order valence-corrected chi connectivity index (χ2v) is 4.96. The SMILES string of the molecule is CC(=O)OC(C)(C)C(=O)c1cccc2ccccc12. The monoisotopic (exact) mass is 256 g/mol. The minimum Gasteiger partial charge on any atom is -0.451 e. The normalized spacial score (nSPS) is 11.3. The number of hydrogen-bond donors (Lipinski definition) is 0. The van der Waals surface area contributed by atoms with Gasteiger partial charge in [0, 0.05) is 12.5 Å². The fraction of sp³-hybridized carbons (Fsp3) is 0.250. The summed E-state index contributed by atoms with van der Waals surface area (Å²) in [7, 11) is 0. The van der Waals surface area contributed by atoms with Crippen molar-refractivity contribution in [2.75, 3.05) is 0 Å². The molecule has 0 aliphatic heterocycles. The molecule has 0 N–H and O–H groups in total. The Hall–Kier alpha value is -2.16. The number of esters is 1. The Balaban J connectivity index is 2.50. The molecule has 3 nitrogen and oxygen atoms in total. The number of ketones is 1. The van der Waals surface area contributed by atoms with Gasteiger partial charge in [-0.3, -0.25) is 9.59 Å². The van der Waals surface area contributed by atoms with Gasteiger partial charge in [-0.15, -0.1) is 0 Å². The molecule has 2 rings (SSSR count). The molecule has 0 atom stereocenters. The van der Waals surface area contributed by atoms with E-state index in [0.717, 1.165) is 10.8 Å². The first-order valence-corrected chi connectivity index (χ1v) is 6.14. The van der Waals surface area contributed by atoms with Gasteiger partial charge in [0.1, 0.15) is 0 Å². The molecule has 0 heterocycles. The zero-order chi connectivity index (χ0) is 14.0. The van der Waals surface area contributed by atoms with Crippen molar-refractivity contribution in [3.63, 3.8) is 0 Å². The van der Waals surface area contributed by atoms with Crippen LogP contribution in [0.2, 0.25) is 0 Å². The predicted octanol–water partition coefficient (Wildman–Crippen LogP) is 3.36. The molecule has 0 unspecified atom stereocenters. The minimum atomic E-state index is -1.16. The first-order valence-electron chi connectivity index (χ1n) is 6.14. The lowest BCUT2D eigenvalue weighted by atomic mass is 9.92. The van der Waals surface area contributed by atoms with Crippen LogP contribution in [-0.2, 0) is 9.53 Å². The summed E-state index contributed by atoms with van der Waals surface area (Å²) in [5.41, 5.74) is -0.583. The van der Waals surface area contributed by atoms with Gasteiger partial charge in [0.05, 0.1) is 0 Å². The number of ether oxygens (including phenoxy) is 1. The Labute approximate surface area is 112 Å². The van der Waals surface area contributed by atoms with Crippen molar-refractivity contribution in [1.29, 1.82) is 0 Å². The van der Waals surface area contributed by atoms with E-state index in [1.165, 1.54) is 6.92 Å². The Bertz CT molecular complexity index is 636. The zero-order valence-electron chi connectivity index (χ0n) is 11.3. The summed E-state index contributed by atoms with van der Waals surface area (Å²) in [6.45, 7) is 4.52. The fourth-order valence-electron chi connectivity index (χ4n) is 2.15. The fourth-order valence-corrected chi connectivity index (χ4v) is 2.15. The molecule has 0 saturated heterocycles. The molecule has 0 saturated carbocycles. The third kappa shape index (κ3) is 2.65. The number of hydrogen-bond acceptors (Lipinski definition) is 3. The van der Waals surface area contributed by atoms with Crippen LogP contribution in [0, 0.1) is 0 Å². The van der Waals surface area contributed by atoms with Crippen molar-refractivity contribution in [2.45, 2.75) is 26.4 Å². The first-order chi connectivity index (χ1) is 8.92. The van der Waals surface area contributed by atoms with E-state index in [1.807, 2.05) is 36.4 Å². The Morgan fingerprint density at radius 1 is 1.00 bits per heavy atom. The van der Waals surface area contributed by atoms with Crippen LogP contribution >= 0.6 is 0 Å². The number of benzene rings is 2. The number of fused-ring (bicyclic) bond motifs is 1. The van der Waals surface area contributed by atoms with Gasteiger partial charge in [0.25, 0.3) is 0 Å². The molecule has 3 heteroatoms. The number of Topliss-reactive ketones (excluding diaryl/α,β-unsaturated/α-hetero) is 1. The van der Waals surface area contributed by atoms with E-state index in [-0.39, 0.29) is 5.78 Å². The molecule has 0 aromatic heterocycles. The number of rotatable bonds is 3. The van der Waals surface area contributed by atoms with Gasteiger partial charge in [-0.1, -0.05) is 42.5 Å². The summed E-state index contributed by atoms with van der Waals surface area (Å²) in [5, 5.41) is 1.86. The van der Waals surface area contributed by atoms with E-state index in [0.29, 0.717) is 5.56 Å². The number of carbonyl (C=O) groups is 2. The van der Waals surface area contributed by atoms with E-state index < -0.39 is 11.6 Å². The largest absolute Gasteiger partial charge is 0.451 e. The lowest BCUT2D eigenvalue weighted by Gasteiger charge is -2.23. The van der Waals surface area contributed by atoms with Gasteiger partial charge in [-0.2, -0.15) is 0 Å². The molecule has 0 fully saturated rings. The van der Waals surface area contributed by atoms with Crippen molar-refractivity contribution < 1.29 is 14.3 Å². The highest BCUT2D eigenvalue weighted by atomic mass is 16.6. The molecule has 0 amide bonds. The summed E-state index contributed by atoms with van der Waals surface area (Å²) in [5.74, 6) is -0.655. The topological polar surface area (TPSA) is 43.4 Å². The van der Waals surface area contributed by atoms with Crippen LogP contribution in [-0.4, -0.2) is 17.4 Å². The third-order valence-corrected chi connectivity index (χ3v) is 2.98. The highest BCUT2D eigenvalue weighted by Gasteiger charge is 2.32. The quantitative estimate of drug-likeness (QED) is 0.624. The average molecular weight is 256 g/mol. The maximum absolute atomic E-state index is 12.5. The Morgan fingerprint density at radius 3 is 2.32 bits per heavy atom. The van der Waals surface area contributed by atoms with Crippen molar-refractivity contribution in [3.8, 4) is 0 Å². The molecule has 0 aliphatic rings. The zero-order valence-corrected chi connectivity index (χ0v) is 11.3. The molecule has 0 bridgehead atoms. The summed E-state index contributed by atoms with van der Waals surface area (Å²) in [6, 6.07) is 13.2. The van der Waals surface area contributed by atoms with Crippen LogP contribution in [0.15, 0.2) is 42.5 Å². The second-order valence-electron chi connectivity index (χ2n) is 4.96. The van der Waals surface area contributed by atoms with Crippen LogP contribution in [0.3, 0.4) is 0 Å². The third-order valence-electron chi connectivity index (χ3n) is 2.98. The molecule has 0 radical (unpaired) electrons. The molecule has 2 aromatic rings. The van der Waals surface area contributed by atoms with Gasteiger partial charge < -0.3 is 4.74 Å². The first kappa shape index (κ1) is 13.3. The van der Waals surface area contributed by atoms with E-state index in [2.05, 4.69) is 0 Å². The van der Waals surface area contributed by atoms with Gasteiger partial charge >= 0.3 is 5.97 Å². The predicted molar refractivity (Wildman–Crippen MR) is 74.1 cm³/mol. The maximum atomic E-state index is 12.5. The Morgan fingerprint density at radius 2 is 1.63 bits per heavy atom. The molecule has 0 spiro atoms. The van der Waals surface area contributed by atoms with Crippen molar-refractivity contribution >= 4 is 22.5 Å². The maximum Gasteiger partial charge on any atom is 0.303 e.